The predicted molar refractivity (Wildman–Crippen MR) is 103 cm³/mol. The van der Waals surface area contributed by atoms with Gasteiger partial charge in [0.1, 0.15) is 0 Å². The minimum atomic E-state index is -0.152. The summed E-state index contributed by atoms with van der Waals surface area (Å²) in [7, 11) is 0. The first-order chi connectivity index (χ1) is 12.8. The third kappa shape index (κ3) is 4.90. The maximum atomic E-state index is 12.7. The number of rotatable bonds is 7. The minimum absolute atomic E-state index is 0.0651. The third-order valence-electron chi connectivity index (χ3n) is 4.37. The van der Waals surface area contributed by atoms with Gasteiger partial charge in [-0.15, -0.1) is 0 Å². The van der Waals surface area contributed by atoms with Crippen LogP contribution in [0.25, 0.3) is 5.95 Å². The molecule has 0 aliphatic rings. The van der Waals surface area contributed by atoms with Crippen LogP contribution in [0.4, 0.5) is 0 Å². The van der Waals surface area contributed by atoms with Gasteiger partial charge in [0.2, 0.25) is 11.8 Å². The van der Waals surface area contributed by atoms with Crippen LogP contribution in [0.1, 0.15) is 42.2 Å². The average molecular weight is 372 g/mol. The van der Waals surface area contributed by atoms with Crippen molar-refractivity contribution in [1.82, 2.24) is 30.0 Å². The molecule has 2 amide bonds. The predicted octanol–water partition coefficient (Wildman–Crippen LogP) is 1.42. The van der Waals surface area contributed by atoms with E-state index in [1.165, 1.54) is 0 Å². The number of nitrogens with one attached hydrogen (secondary N) is 1. The fourth-order valence-electron chi connectivity index (χ4n) is 2.99. The second kappa shape index (κ2) is 8.75. The number of hydrogen-bond acceptors (Lipinski definition) is 5. The highest BCUT2D eigenvalue weighted by Crippen LogP contribution is 2.18. The molecular formula is C19H28N6O2. The molecule has 0 fully saturated rings. The minimum Gasteiger partial charge on any atom is -0.355 e. The van der Waals surface area contributed by atoms with Crippen molar-refractivity contribution in [3.8, 4) is 5.95 Å². The Morgan fingerprint density at radius 3 is 2.30 bits per heavy atom. The van der Waals surface area contributed by atoms with Crippen molar-refractivity contribution in [2.75, 3.05) is 19.6 Å². The van der Waals surface area contributed by atoms with Crippen LogP contribution in [-0.4, -0.2) is 56.1 Å². The highest BCUT2D eigenvalue weighted by atomic mass is 16.2. The summed E-state index contributed by atoms with van der Waals surface area (Å²) in [5, 5.41) is 7.26. The molecule has 2 heterocycles. The summed E-state index contributed by atoms with van der Waals surface area (Å²) in [5.74, 6) is 0.248. The van der Waals surface area contributed by atoms with E-state index in [0.29, 0.717) is 19.0 Å². The zero-order chi connectivity index (χ0) is 20.1. The zero-order valence-corrected chi connectivity index (χ0v) is 17.0. The van der Waals surface area contributed by atoms with Crippen LogP contribution in [0, 0.1) is 27.7 Å². The highest BCUT2D eigenvalue weighted by Gasteiger charge is 2.21. The molecule has 0 radical (unpaired) electrons. The first-order valence-electron chi connectivity index (χ1n) is 9.19. The van der Waals surface area contributed by atoms with Gasteiger partial charge in [-0.25, -0.2) is 14.6 Å². The lowest BCUT2D eigenvalue weighted by Crippen LogP contribution is -2.41. The molecule has 0 aliphatic carbocycles. The quantitative estimate of drug-likeness (QED) is 0.793. The summed E-state index contributed by atoms with van der Waals surface area (Å²) in [4.78, 5) is 35.0. The summed E-state index contributed by atoms with van der Waals surface area (Å²) in [6.07, 6.45) is 0.190. The van der Waals surface area contributed by atoms with Crippen molar-refractivity contribution in [2.24, 2.45) is 0 Å². The van der Waals surface area contributed by atoms with Crippen LogP contribution in [0.3, 0.4) is 0 Å². The fourth-order valence-corrected chi connectivity index (χ4v) is 2.99. The second-order valence-electron chi connectivity index (χ2n) is 6.55. The largest absolute Gasteiger partial charge is 0.355 e. The monoisotopic (exact) mass is 372 g/mol. The Balaban J connectivity index is 2.25. The van der Waals surface area contributed by atoms with Gasteiger partial charge in [-0.2, -0.15) is 5.10 Å². The van der Waals surface area contributed by atoms with Gasteiger partial charge in [-0.05, 0) is 47.6 Å². The van der Waals surface area contributed by atoms with Crippen molar-refractivity contribution in [1.29, 1.82) is 0 Å². The standard InChI is InChI=1S/C19H28N6O2/c1-7-20-17(26)11-24(8-2)18(27)10-16-14(5)23-25(15(16)6)19-21-12(3)9-13(4)22-19/h9H,7-8,10-11H2,1-6H3,(H,20,26). The van der Waals surface area contributed by atoms with Crippen LogP contribution in [0.2, 0.25) is 0 Å². The van der Waals surface area contributed by atoms with Crippen LogP contribution < -0.4 is 5.32 Å². The summed E-state index contributed by atoms with van der Waals surface area (Å²) in [6.45, 7) is 12.4. The summed E-state index contributed by atoms with van der Waals surface area (Å²) < 4.78 is 1.68. The van der Waals surface area contributed by atoms with Crippen LogP contribution >= 0.6 is 0 Å². The molecule has 2 aromatic heterocycles. The van der Waals surface area contributed by atoms with Crippen LogP contribution in [0.5, 0.6) is 0 Å². The van der Waals surface area contributed by atoms with E-state index in [-0.39, 0.29) is 24.8 Å². The van der Waals surface area contributed by atoms with E-state index >= 15 is 0 Å². The van der Waals surface area contributed by atoms with Crippen molar-refractivity contribution >= 4 is 11.8 Å². The zero-order valence-electron chi connectivity index (χ0n) is 17.0. The molecule has 2 aromatic rings. The van der Waals surface area contributed by atoms with Gasteiger partial charge in [-0.3, -0.25) is 9.59 Å². The summed E-state index contributed by atoms with van der Waals surface area (Å²) in [6, 6.07) is 1.90. The van der Waals surface area contributed by atoms with Gasteiger partial charge in [-0.1, -0.05) is 0 Å². The van der Waals surface area contributed by atoms with Crippen molar-refractivity contribution < 1.29 is 9.59 Å². The van der Waals surface area contributed by atoms with E-state index in [2.05, 4.69) is 20.4 Å². The topological polar surface area (TPSA) is 93.0 Å². The maximum absolute atomic E-state index is 12.7. The number of nitrogens with zero attached hydrogens (tertiary/aromatic N) is 5. The van der Waals surface area contributed by atoms with Crippen molar-refractivity contribution in [3.05, 3.63) is 34.4 Å². The van der Waals surface area contributed by atoms with Gasteiger partial charge in [0.15, 0.2) is 0 Å². The Kier molecular flexibility index (Phi) is 6.65. The smallest absolute Gasteiger partial charge is 0.251 e. The van der Waals surface area contributed by atoms with Crippen molar-refractivity contribution in [3.63, 3.8) is 0 Å². The molecule has 1 N–H and O–H groups in total. The van der Waals surface area contributed by atoms with Crippen LogP contribution in [-0.2, 0) is 16.0 Å². The van der Waals surface area contributed by atoms with E-state index in [9.17, 15) is 9.59 Å². The SMILES string of the molecule is CCNC(=O)CN(CC)C(=O)Cc1c(C)nn(-c2nc(C)cc(C)n2)c1C. The summed E-state index contributed by atoms with van der Waals surface area (Å²) >= 11 is 0. The molecule has 0 aliphatic heterocycles. The van der Waals surface area contributed by atoms with Gasteiger partial charge in [0.25, 0.3) is 5.95 Å². The number of carbonyl (C=O) groups is 2. The number of carbonyl (C=O) groups excluding carboxylic acids is 2. The second-order valence-corrected chi connectivity index (χ2v) is 6.55. The van der Waals surface area contributed by atoms with E-state index in [0.717, 1.165) is 28.3 Å². The molecule has 146 valence electrons. The molecule has 8 heteroatoms. The Morgan fingerprint density at radius 2 is 1.74 bits per heavy atom. The number of likely N-dealkylation sites (N-methyl/N-ethyl adjacent to an activating group) is 2. The molecule has 8 nitrogen and oxygen atoms in total. The van der Waals surface area contributed by atoms with Gasteiger partial charge in [0.05, 0.1) is 18.7 Å². The Hall–Kier alpha value is -2.77. The van der Waals surface area contributed by atoms with E-state index in [1.54, 1.807) is 9.58 Å². The molecule has 0 spiro atoms. The molecule has 0 atom stereocenters. The van der Waals surface area contributed by atoms with E-state index in [4.69, 9.17) is 0 Å². The number of aromatic nitrogens is 4. The molecule has 2 rings (SSSR count). The van der Waals surface area contributed by atoms with Gasteiger partial charge >= 0.3 is 0 Å². The lowest BCUT2D eigenvalue weighted by Gasteiger charge is -2.20. The molecule has 0 saturated carbocycles. The Bertz CT molecular complexity index is 823. The van der Waals surface area contributed by atoms with E-state index < -0.39 is 0 Å². The number of amides is 2. The first kappa shape index (κ1) is 20.5. The highest BCUT2D eigenvalue weighted by molar-refractivity contribution is 5.86. The molecule has 0 saturated heterocycles. The summed E-state index contributed by atoms with van der Waals surface area (Å²) in [5.41, 5.74) is 4.17. The third-order valence-corrected chi connectivity index (χ3v) is 4.37. The normalized spacial score (nSPS) is 10.7. The van der Waals surface area contributed by atoms with E-state index in [1.807, 2.05) is 47.6 Å². The molecule has 0 aromatic carbocycles. The maximum Gasteiger partial charge on any atom is 0.251 e. The van der Waals surface area contributed by atoms with Gasteiger partial charge < -0.3 is 10.2 Å². The molecule has 0 unspecified atom stereocenters. The Labute approximate surface area is 160 Å². The first-order valence-corrected chi connectivity index (χ1v) is 9.19. The Morgan fingerprint density at radius 1 is 1.11 bits per heavy atom. The lowest BCUT2D eigenvalue weighted by molar-refractivity contribution is -0.135. The molecular weight excluding hydrogens is 344 g/mol. The van der Waals surface area contributed by atoms with Crippen molar-refractivity contribution in [2.45, 2.75) is 48.0 Å². The average Bonchev–Trinajstić information content (AvgIpc) is 2.87. The number of hydrogen-bond donors (Lipinski definition) is 1. The lowest BCUT2D eigenvalue weighted by atomic mass is 10.1. The molecule has 0 bridgehead atoms. The van der Waals surface area contributed by atoms with Crippen LogP contribution in [0.15, 0.2) is 6.07 Å². The fraction of sp³-hybridized carbons (Fsp3) is 0.526. The van der Waals surface area contributed by atoms with Gasteiger partial charge in [0, 0.05) is 35.7 Å². The molecule has 27 heavy (non-hydrogen) atoms. The number of aryl methyl sites for hydroxylation is 3.